The van der Waals surface area contributed by atoms with Crippen molar-refractivity contribution in [2.75, 3.05) is 6.54 Å². The number of nitrogens with zero attached hydrogens (tertiary/aromatic N) is 1. The quantitative estimate of drug-likeness (QED) is 0.713. The molecule has 0 aromatic heterocycles. The lowest BCUT2D eigenvalue weighted by molar-refractivity contribution is 0.00578. The Labute approximate surface area is 165 Å². The van der Waals surface area contributed by atoms with E-state index in [-0.39, 0.29) is 24.1 Å². The largest absolute Gasteiger partial charge is 0.487 e. The van der Waals surface area contributed by atoms with E-state index in [1.165, 1.54) is 6.07 Å². The lowest BCUT2D eigenvalue weighted by Crippen LogP contribution is -2.48. The van der Waals surface area contributed by atoms with Crippen molar-refractivity contribution in [1.29, 1.82) is 0 Å². The molecule has 0 saturated carbocycles. The monoisotopic (exact) mass is 395 g/mol. The third kappa shape index (κ3) is 3.20. The zero-order valence-electron chi connectivity index (χ0n) is 17.5. The van der Waals surface area contributed by atoms with Crippen molar-refractivity contribution in [2.24, 2.45) is 0 Å². The highest BCUT2D eigenvalue weighted by molar-refractivity contribution is 6.47. The van der Waals surface area contributed by atoms with Gasteiger partial charge in [-0.1, -0.05) is 20.8 Å². The highest BCUT2D eigenvalue weighted by Crippen LogP contribution is 2.45. The van der Waals surface area contributed by atoms with Gasteiger partial charge in [0.15, 0.2) is 0 Å². The molecule has 2 aliphatic rings. The van der Waals surface area contributed by atoms with Crippen LogP contribution in [0.25, 0.3) is 0 Å². The van der Waals surface area contributed by atoms with E-state index in [1.807, 2.05) is 27.7 Å². The number of carboxylic acid groups (broad SMARTS) is 1. The standard InChI is InChI=1S/C20H28BF2NO4/c1-18(2,3)14-12(22)10-11-8-9-24(17(25)26)16(13(11)15(14)23)21-27-19(4,5)20(6,7)28-21/h10,16H,8-9H2,1-7H3,(H,25,26). The van der Waals surface area contributed by atoms with E-state index < -0.39 is 47.4 Å². The molecule has 1 fully saturated rings. The average molecular weight is 395 g/mol. The highest BCUT2D eigenvalue weighted by Gasteiger charge is 2.57. The molecule has 1 aromatic rings. The van der Waals surface area contributed by atoms with Crippen LogP contribution in [0.3, 0.4) is 0 Å². The molecule has 1 saturated heterocycles. The van der Waals surface area contributed by atoms with Gasteiger partial charge in [-0.05, 0) is 51.2 Å². The second-order valence-corrected chi connectivity index (χ2v) is 9.67. The molecule has 1 amide bonds. The van der Waals surface area contributed by atoms with Crippen LogP contribution < -0.4 is 0 Å². The molecule has 0 bridgehead atoms. The smallest absolute Gasteiger partial charge is 0.465 e. The maximum absolute atomic E-state index is 15.7. The molecule has 5 nitrogen and oxygen atoms in total. The Morgan fingerprint density at radius 2 is 1.75 bits per heavy atom. The first kappa shape index (κ1) is 21.1. The fraction of sp³-hybridized carbons (Fsp3) is 0.650. The molecule has 2 aliphatic heterocycles. The van der Waals surface area contributed by atoms with Crippen molar-refractivity contribution < 1.29 is 28.0 Å². The summed E-state index contributed by atoms with van der Waals surface area (Å²) in [6.45, 7) is 12.7. The topological polar surface area (TPSA) is 59.0 Å². The zero-order valence-corrected chi connectivity index (χ0v) is 17.5. The van der Waals surface area contributed by atoms with Crippen LogP contribution in [-0.4, -0.2) is 41.0 Å². The summed E-state index contributed by atoms with van der Waals surface area (Å²) in [5.74, 6) is -2.34. The van der Waals surface area contributed by atoms with Gasteiger partial charge in [0.25, 0.3) is 0 Å². The van der Waals surface area contributed by atoms with E-state index in [0.29, 0.717) is 5.56 Å². The first-order valence-corrected chi connectivity index (χ1v) is 9.54. The summed E-state index contributed by atoms with van der Waals surface area (Å²) in [5.41, 5.74) is -1.64. The van der Waals surface area contributed by atoms with E-state index in [1.54, 1.807) is 20.8 Å². The Bertz CT molecular complexity index is 803. The van der Waals surface area contributed by atoms with Crippen molar-refractivity contribution >= 4 is 13.2 Å². The lowest BCUT2D eigenvalue weighted by atomic mass is 9.68. The normalized spacial score (nSPS) is 23.7. The van der Waals surface area contributed by atoms with Crippen LogP contribution in [0.4, 0.5) is 13.6 Å². The van der Waals surface area contributed by atoms with Gasteiger partial charge in [-0.3, -0.25) is 0 Å². The van der Waals surface area contributed by atoms with Crippen LogP contribution >= 0.6 is 0 Å². The molecule has 154 valence electrons. The van der Waals surface area contributed by atoms with Crippen molar-refractivity contribution in [3.05, 3.63) is 34.4 Å². The summed E-state index contributed by atoms with van der Waals surface area (Å²) < 4.78 is 42.5. The number of hydrogen-bond acceptors (Lipinski definition) is 3. The molecule has 1 atom stereocenters. The summed E-state index contributed by atoms with van der Waals surface area (Å²) >= 11 is 0. The van der Waals surface area contributed by atoms with Gasteiger partial charge >= 0.3 is 13.2 Å². The Kier molecular flexibility index (Phi) is 4.83. The number of fused-ring (bicyclic) bond motifs is 1. The predicted molar refractivity (Wildman–Crippen MR) is 102 cm³/mol. The minimum absolute atomic E-state index is 0.0555. The predicted octanol–water partition coefficient (Wildman–Crippen LogP) is 4.47. The number of halogens is 2. The minimum atomic E-state index is -1.19. The van der Waals surface area contributed by atoms with E-state index in [4.69, 9.17) is 9.31 Å². The highest BCUT2D eigenvalue weighted by atomic mass is 19.1. The van der Waals surface area contributed by atoms with Crippen molar-refractivity contribution in [2.45, 2.75) is 77.4 Å². The first-order valence-electron chi connectivity index (χ1n) is 9.54. The van der Waals surface area contributed by atoms with Crippen molar-refractivity contribution in [3.8, 4) is 0 Å². The Morgan fingerprint density at radius 1 is 1.21 bits per heavy atom. The Hall–Kier alpha value is -1.67. The van der Waals surface area contributed by atoms with Gasteiger partial charge in [0.05, 0.1) is 17.1 Å². The zero-order chi connectivity index (χ0) is 21.2. The molecule has 1 N–H and O–H groups in total. The van der Waals surface area contributed by atoms with E-state index >= 15 is 4.39 Å². The molecule has 1 unspecified atom stereocenters. The fourth-order valence-corrected chi connectivity index (χ4v) is 3.95. The maximum atomic E-state index is 15.7. The second kappa shape index (κ2) is 6.42. The molecular formula is C20H28BF2NO4. The van der Waals surface area contributed by atoms with Crippen LogP contribution in [0.15, 0.2) is 6.07 Å². The summed E-state index contributed by atoms with van der Waals surface area (Å²) in [6, 6.07) is 1.33. The maximum Gasteiger partial charge on any atom is 0.487 e. The Morgan fingerprint density at radius 3 is 2.21 bits per heavy atom. The molecule has 1 aromatic carbocycles. The van der Waals surface area contributed by atoms with E-state index in [9.17, 15) is 14.3 Å². The molecule has 8 heteroatoms. The van der Waals surface area contributed by atoms with Crippen LogP contribution in [-0.2, 0) is 21.1 Å². The summed E-state index contributed by atoms with van der Waals surface area (Å²) in [4.78, 5) is 13.1. The molecule has 3 rings (SSSR count). The van der Waals surface area contributed by atoms with Gasteiger partial charge in [-0.25, -0.2) is 13.6 Å². The van der Waals surface area contributed by atoms with Crippen LogP contribution in [0.2, 0.25) is 0 Å². The number of rotatable bonds is 1. The molecule has 28 heavy (non-hydrogen) atoms. The summed E-state index contributed by atoms with van der Waals surface area (Å²) in [5, 5.41) is 9.75. The molecular weight excluding hydrogens is 367 g/mol. The van der Waals surface area contributed by atoms with Gasteiger partial charge in [-0.2, -0.15) is 0 Å². The molecule has 0 radical (unpaired) electrons. The second-order valence-electron chi connectivity index (χ2n) is 9.67. The van der Waals surface area contributed by atoms with Gasteiger partial charge in [-0.15, -0.1) is 0 Å². The third-order valence-corrected chi connectivity index (χ3v) is 6.12. The van der Waals surface area contributed by atoms with Crippen LogP contribution in [0.5, 0.6) is 0 Å². The van der Waals surface area contributed by atoms with Crippen LogP contribution in [0, 0.1) is 11.6 Å². The minimum Gasteiger partial charge on any atom is -0.465 e. The number of benzene rings is 1. The summed E-state index contributed by atoms with van der Waals surface area (Å²) in [7, 11) is -0.993. The number of carbonyl (C=O) groups is 1. The Balaban J connectivity index is 2.20. The van der Waals surface area contributed by atoms with E-state index in [2.05, 4.69) is 0 Å². The number of hydrogen-bond donors (Lipinski definition) is 1. The summed E-state index contributed by atoms with van der Waals surface area (Å²) in [6.07, 6.45) is -0.956. The fourth-order valence-electron chi connectivity index (χ4n) is 3.95. The molecule has 0 spiro atoms. The van der Waals surface area contributed by atoms with Gasteiger partial charge in [0, 0.05) is 17.7 Å². The lowest BCUT2D eigenvalue weighted by Gasteiger charge is -2.38. The first-order chi connectivity index (χ1) is 12.7. The number of amides is 1. The van der Waals surface area contributed by atoms with Gasteiger partial charge in [0.2, 0.25) is 0 Å². The van der Waals surface area contributed by atoms with Crippen LogP contribution in [0.1, 0.15) is 71.1 Å². The third-order valence-electron chi connectivity index (χ3n) is 6.12. The van der Waals surface area contributed by atoms with E-state index in [0.717, 1.165) is 4.90 Å². The SMILES string of the molecule is CC(C)(C)c1c(F)cc2c(c1F)C(B1OC(C)(C)C(C)(C)O1)N(C(=O)O)CC2. The average Bonchev–Trinajstić information content (AvgIpc) is 2.72. The molecule has 2 heterocycles. The molecule has 0 aliphatic carbocycles. The van der Waals surface area contributed by atoms with Crippen molar-refractivity contribution in [1.82, 2.24) is 4.90 Å². The van der Waals surface area contributed by atoms with Gasteiger partial charge in [0.1, 0.15) is 11.6 Å². The van der Waals surface area contributed by atoms with Crippen molar-refractivity contribution in [3.63, 3.8) is 0 Å². The van der Waals surface area contributed by atoms with Gasteiger partial charge < -0.3 is 19.3 Å².